The van der Waals surface area contributed by atoms with Gasteiger partial charge in [0.1, 0.15) is 5.69 Å². The van der Waals surface area contributed by atoms with Gasteiger partial charge in [-0.25, -0.2) is 4.98 Å². The van der Waals surface area contributed by atoms with Crippen molar-refractivity contribution in [3.8, 4) is 10.4 Å². The maximum atomic E-state index is 13.0. The van der Waals surface area contributed by atoms with Gasteiger partial charge in [0.05, 0.1) is 9.88 Å². The Bertz CT molecular complexity index is 727. The minimum Gasteiger partial charge on any atom is -0.337 e. The van der Waals surface area contributed by atoms with Crippen LogP contribution in [0.3, 0.4) is 0 Å². The number of carbonyl (C=O) groups is 1. The topological polar surface area (TPSA) is 33.2 Å². The fourth-order valence-electron chi connectivity index (χ4n) is 3.22. The summed E-state index contributed by atoms with van der Waals surface area (Å²) in [5, 5.41) is 1.15. The van der Waals surface area contributed by atoms with Crippen LogP contribution >= 0.6 is 11.3 Å². The van der Waals surface area contributed by atoms with Gasteiger partial charge >= 0.3 is 0 Å². The summed E-state index contributed by atoms with van der Waals surface area (Å²) in [7, 11) is 0. The minimum absolute atomic E-state index is 0.129. The summed E-state index contributed by atoms with van der Waals surface area (Å²) in [5.41, 5.74) is 3.04. The van der Waals surface area contributed by atoms with Crippen molar-refractivity contribution in [1.29, 1.82) is 0 Å². The van der Waals surface area contributed by atoms with E-state index in [1.807, 2.05) is 4.90 Å². The number of benzene rings is 1. The van der Waals surface area contributed by atoms with Gasteiger partial charge in [0.2, 0.25) is 0 Å². The molecule has 23 heavy (non-hydrogen) atoms. The first-order valence-corrected chi connectivity index (χ1v) is 9.41. The molecule has 0 bridgehead atoms. The Labute approximate surface area is 141 Å². The van der Waals surface area contributed by atoms with Crippen LogP contribution in [-0.4, -0.2) is 28.9 Å². The molecule has 0 N–H and O–H groups in total. The standard InChI is InChI=1S/C19H22N2OS/c1-13-6-5-7-15(12-13)17-16(20-18(23-17)14-8-9-14)19(22)21-10-3-2-4-11-21/h5-7,12,14H,2-4,8-11H2,1H3. The third kappa shape index (κ3) is 3.05. The number of aromatic nitrogens is 1. The monoisotopic (exact) mass is 326 g/mol. The maximum Gasteiger partial charge on any atom is 0.273 e. The van der Waals surface area contributed by atoms with E-state index in [1.54, 1.807) is 11.3 Å². The molecule has 1 aliphatic heterocycles. The van der Waals surface area contributed by atoms with E-state index in [4.69, 9.17) is 4.98 Å². The molecule has 2 heterocycles. The third-order valence-electron chi connectivity index (χ3n) is 4.70. The number of hydrogen-bond acceptors (Lipinski definition) is 3. The lowest BCUT2D eigenvalue weighted by Crippen LogP contribution is -2.36. The van der Waals surface area contributed by atoms with Crippen LogP contribution in [0.5, 0.6) is 0 Å². The highest BCUT2D eigenvalue weighted by atomic mass is 32.1. The lowest BCUT2D eigenvalue weighted by atomic mass is 10.1. The van der Waals surface area contributed by atoms with Crippen molar-refractivity contribution in [3.05, 3.63) is 40.5 Å². The molecule has 2 aliphatic rings. The van der Waals surface area contributed by atoms with Crippen molar-refractivity contribution in [1.82, 2.24) is 9.88 Å². The molecule has 120 valence electrons. The molecule has 4 rings (SSSR count). The molecule has 1 aliphatic carbocycles. The van der Waals surface area contributed by atoms with Crippen LogP contribution in [0.1, 0.15) is 59.1 Å². The number of rotatable bonds is 3. The zero-order chi connectivity index (χ0) is 15.8. The van der Waals surface area contributed by atoms with Gasteiger partial charge in [0.15, 0.2) is 0 Å². The lowest BCUT2D eigenvalue weighted by molar-refractivity contribution is 0.0720. The Morgan fingerprint density at radius 3 is 2.70 bits per heavy atom. The fraction of sp³-hybridized carbons (Fsp3) is 0.474. The summed E-state index contributed by atoms with van der Waals surface area (Å²) >= 11 is 1.73. The molecule has 0 spiro atoms. The van der Waals surface area contributed by atoms with E-state index < -0.39 is 0 Å². The number of carbonyl (C=O) groups excluding carboxylic acids is 1. The largest absolute Gasteiger partial charge is 0.337 e. The molecule has 4 heteroatoms. The van der Waals surface area contributed by atoms with E-state index in [-0.39, 0.29) is 5.91 Å². The Balaban J connectivity index is 1.73. The van der Waals surface area contributed by atoms with Crippen molar-refractivity contribution in [2.24, 2.45) is 0 Å². The number of aryl methyl sites for hydroxylation is 1. The van der Waals surface area contributed by atoms with Crippen LogP contribution in [0.2, 0.25) is 0 Å². The van der Waals surface area contributed by atoms with Crippen LogP contribution in [0, 0.1) is 6.92 Å². The first-order chi connectivity index (χ1) is 11.2. The summed E-state index contributed by atoms with van der Waals surface area (Å²) in [6, 6.07) is 8.43. The van der Waals surface area contributed by atoms with Crippen LogP contribution < -0.4 is 0 Å². The molecule has 3 nitrogen and oxygen atoms in total. The van der Waals surface area contributed by atoms with Crippen molar-refractivity contribution < 1.29 is 4.79 Å². The average Bonchev–Trinajstić information content (AvgIpc) is 3.34. The number of likely N-dealkylation sites (tertiary alicyclic amines) is 1. The highest BCUT2D eigenvalue weighted by molar-refractivity contribution is 7.15. The van der Waals surface area contributed by atoms with Gasteiger partial charge in [0.25, 0.3) is 5.91 Å². The highest BCUT2D eigenvalue weighted by Crippen LogP contribution is 2.45. The quantitative estimate of drug-likeness (QED) is 0.824. The second-order valence-electron chi connectivity index (χ2n) is 6.73. The van der Waals surface area contributed by atoms with E-state index in [0.717, 1.165) is 41.4 Å². The number of nitrogens with zero attached hydrogens (tertiary/aromatic N) is 2. The number of hydrogen-bond donors (Lipinski definition) is 0. The Morgan fingerprint density at radius 1 is 1.22 bits per heavy atom. The molecule has 2 aromatic rings. The first-order valence-electron chi connectivity index (χ1n) is 8.59. The van der Waals surface area contributed by atoms with Crippen molar-refractivity contribution >= 4 is 17.2 Å². The normalized spacial score (nSPS) is 18.2. The van der Waals surface area contributed by atoms with Crippen molar-refractivity contribution in [2.75, 3.05) is 13.1 Å². The molecule has 0 radical (unpaired) electrons. The minimum atomic E-state index is 0.129. The van der Waals surface area contributed by atoms with Crippen LogP contribution in [0.4, 0.5) is 0 Å². The second kappa shape index (κ2) is 6.08. The van der Waals surface area contributed by atoms with E-state index >= 15 is 0 Å². The molecular weight excluding hydrogens is 304 g/mol. The third-order valence-corrected chi connectivity index (χ3v) is 5.96. The molecule has 1 saturated heterocycles. The summed E-state index contributed by atoms with van der Waals surface area (Å²) in [4.78, 5) is 20.8. The van der Waals surface area contributed by atoms with Gasteiger partial charge < -0.3 is 4.90 Å². The Morgan fingerprint density at radius 2 is 2.00 bits per heavy atom. The van der Waals surface area contributed by atoms with Crippen LogP contribution in [-0.2, 0) is 0 Å². The fourth-order valence-corrected chi connectivity index (χ4v) is 4.44. The van der Waals surface area contributed by atoms with Crippen LogP contribution in [0.25, 0.3) is 10.4 Å². The van der Waals surface area contributed by atoms with Crippen LogP contribution in [0.15, 0.2) is 24.3 Å². The molecule has 0 atom stereocenters. The lowest BCUT2D eigenvalue weighted by Gasteiger charge is -2.26. The predicted molar refractivity (Wildman–Crippen MR) is 94.0 cm³/mol. The molecular formula is C19H22N2OS. The Hall–Kier alpha value is -1.68. The van der Waals surface area contributed by atoms with E-state index in [2.05, 4.69) is 31.2 Å². The first kappa shape index (κ1) is 14.9. The Kier molecular flexibility index (Phi) is 3.93. The zero-order valence-corrected chi connectivity index (χ0v) is 14.4. The molecule has 1 aromatic carbocycles. The highest BCUT2D eigenvalue weighted by Gasteiger charge is 2.31. The van der Waals surface area contributed by atoms with Gasteiger partial charge in [-0.1, -0.05) is 29.8 Å². The smallest absolute Gasteiger partial charge is 0.273 e. The summed E-state index contributed by atoms with van der Waals surface area (Å²) in [6.45, 7) is 3.85. The van der Waals surface area contributed by atoms with E-state index in [0.29, 0.717) is 11.6 Å². The summed E-state index contributed by atoms with van der Waals surface area (Å²) < 4.78 is 0. The molecule has 0 unspecified atom stereocenters. The average molecular weight is 326 g/mol. The SMILES string of the molecule is Cc1cccc(-c2sc(C3CC3)nc2C(=O)N2CCCCC2)c1. The number of thiazole rings is 1. The molecule has 2 fully saturated rings. The zero-order valence-electron chi connectivity index (χ0n) is 13.5. The van der Waals surface area contributed by atoms with Crippen molar-refractivity contribution in [3.63, 3.8) is 0 Å². The van der Waals surface area contributed by atoms with E-state index in [9.17, 15) is 4.79 Å². The summed E-state index contributed by atoms with van der Waals surface area (Å²) in [6.07, 6.45) is 5.91. The van der Waals surface area contributed by atoms with Gasteiger partial charge in [-0.3, -0.25) is 4.79 Å². The number of amides is 1. The predicted octanol–water partition coefficient (Wildman–Crippen LogP) is 4.62. The second-order valence-corrected chi connectivity index (χ2v) is 7.76. The van der Waals surface area contributed by atoms with Crippen molar-refractivity contribution in [2.45, 2.75) is 44.9 Å². The number of piperidine rings is 1. The van der Waals surface area contributed by atoms with Gasteiger partial charge in [-0.05, 0) is 44.6 Å². The van der Waals surface area contributed by atoms with Gasteiger partial charge in [-0.15, -0.1) is 11.3 Å². The maximum absolute atomic E-state index is 13.0. The molecule has 1 saturated carbocycles. The molecule has 1 amide bonds. The van der Waals surface area contributed by atoms with E-state index in [1.165, 1.54) is 24.8 Å². The summed E-state index contributed by atoms with van der Waals surface area (Å²) in [5.74, 6) is 0.718. The van der Waals surface area contributed by atoms with Gasteiger partial charge in [0, 0.05) is 19.0 Å². The molecule has 1 aromatic heterocycles. The van der Waals surface area contributed by atoms with Gasteiger partial charge in [-0.2, -0.15) is 0 Å².